The van der Waals surface area contributed by atoms with Crippen LogP contribution in [0.2, 0.25) is 0 Å². The van der Waals surface area contributed by atoms with Crippen molar-refractivity contribution in [2.75, 3.05) is 11.6 Å². The molecule has 3 aliphatic rings. The smallest absolute Gasteiger partial charge is 0.269 e. The van der Waals surface area contributed by atoms with E-state index in [1.54, 1.807) is 18.2 Å². The normalized spacial score (nSPS) is 21.4. The van der Waals surface area contributed by atoms with Gasteiger partial charge in [0, 0.05) is 30.5 Å². The zero-order chi connectivity index (χ0) is 23.7. The molecule has 174 valence electrons. The zero-order valence-corrected chi connectivity index (χ0v) is 18.9. The number of aldehydes is 1. The summed E-state index contributed by atoms with van der Waals surface area (Å²) >= 11 is 0. The monoisotopic (exact) mass is 457 g/mol. The van der Waals surface area contributed by atoms with Crippen molar-refractivity contribution < 1.29 is 14.7 Å². The number of benzene rings is 1. The van der Waals surface area contributed by atoms with Gasteiger partial charge in [0.1, 0.15) is 23.8 Å². The van der Waals surface area contributed by atoms with Crippen LogP contribution in [-0.2, 0) is 11.2 Å². The van der Waals surface area contributed by atoms with Gasteiger partial charge in [0.25, 0.3) is 5.91 Å². The summed E-state index contributed by atoms with van der Waals surface area (Å²) in [5.41, 5.74) is 4.22. The Balaban J connectivity index is 1.49. The third-order valence-electron chi connectivity index (χ3n) is 7.23. The van der Waals surface area contributed by atoms with Gasteiger partial charge in [-0.15, -0.1) is 0 Å². The second-order valence-corrected chi connectivity index (χ2v) is 9.23. The summed E-state index contributed by atoms with van der Waals surface area (Å²) in [5, 5.41) is 29.3. The van der Waals surface area contributed by atoms with Crippen molar-refractivity contribution in [1.29, 1.82) is 5.26 Å². The minimum atomic E-state index is -0.279. The standard InChI is InChI=1S/C26H27N5O3/c27-15-17-6-7-18(14-23(17)33)31-25(16-4-1-2-5-16)20-9-10-21-19(24(20)30-31)8-11-22(29-21)26(34)28-12-3-13-32/h6-8,11,13-14,16,20,25,33H,1-5,9-10,12H2,(H,28,34). The second kappa shape index (κ2) is 9.26. The lowest BCUT2D eigenvalue weighted by Gasteiger charge is -2.34. The lowest BCUT2D eigenvalue weighted by atomic mass is 9.76. The maximum absolute atomic E-state index is 12.4. The summed E-state index contributed by atoms with van der Waals surface area (Å²) in [6.07, 6.45) is 7.48. The number of amides is 1. The molecule has 1 fully saturated rings. The Kier molecular flexibility index (Phi) is 6.01. The molecule has 1 aromatic carbocycles. The number of aryl methyl sites for hydroxylation is 1. The molecule has 2 aromatic rings. The van der Waals surface area contributed by atoms with Gasteiger partial charge in [-0.1, -0.05) is 12.8 Å². The number of nitrogens with zero attached hydrogens (tertiary/aromatic N) is 4. The highest BCUT2D eigenvalue weighted by Gasteiger charge is 2.46. The van der Waals surface area contributed by atoms with Crippen LogP contribution in [0.15, 0.2) is 35.4 Å². The first-order valence-electron chi connectivity index (χ1n) is 11.9. The van der Waals surface area contributed by atoms with Crippen LogP contribution < -0.4 is 10.3 Å². The van der Waals surface area contributed by atoms with Crippen LogP contribution in [0.1, 0.15) is 65.8 Å². The van der Waals surface area contributed by atoms with E-state index in [0.717, 1.165) is 54.6 Å². The minimum absolute atomic E-state index is 0.0347. The van der Waals surface area contributed by atoms with Crippen molar-refractivity contribution in [1.82, 2.24) is 10.3 Å². The number of hydrazone groups is 1. The van der Waals surface area contributed by atoms with Gasteiger partial charge in [-0.3, -0.25) is 9.80 Å². The molecule has 8 heteroatoms. The molecule has 2 heterocycles. The highest BCUT2D eigenvalue weighted by molar-refractivity contribution is 6.07. The predicted octanol–water partition coefficient (Wildman–Crippen LogP) is 3.32. The van der Waals surface area contributed by atoms with Gasteiger partial charge < -0.3 is 15.2 Å². The Labute approximate surface area is 198 Å². The lowest BCUT2D eigenvalue weighted by molar-refractivity contribution is -0.107. The van der Waals surface area contributed by atoms with Crippen LogP contribution in [-0.4, -0.2) is 40.6 Å². The van der Waals surface area contributed by atoms with Gasteiger partial charge >= 0.3 is 0 Å². The Hall–Kier alpha value is -3.73. The van der Waals surface area contributed by atoms with E-state index in [2.05, 4.69) is 10.3 Å². The van der Waals surface area contributed by atoms with Crippen LogP contribution in [0, 0.1) is 23.2 Å². The predicted molar refractivity (Wildman–Crippen MR) is 127 cm³/mol. The number of nitriles is 1. The molecule has 0 saturated heterocycles. The maximum atomic E-state index is 12.4. The van der Waals surface area contributed by atoms with Gasteiger partial charge in [0.05, 0.1) is 28.7 Å². The summed E-state index contributed by atoms with van der Waals surface area (Å²) in [6, 6.07) is 11.0. The highest BCUT2D eigenvalue weighted by Crippen LogP contribution is 2.45. The van der Waals surface area contributed by atoms with E-state index >= 15 is 0 Å². The number of aromatic nitrogens is 1. The fourth-order valence-corrected chi connectivity index (χ4v) is 5.64. The molecule has 0 spiro atoms. The molecule has 1 amide bonds. The third kappa shape index (κ3) is 3.92. The number of pyridine rings is 1. The van der Waals surface area contributed by atoms with Gasteiger partial charge in [-0.2, -0.15) is 10.4 Å². The number of hydrogen-bond acceptors (Lipinski definition) is 7. The van der Waals surface area contributed by atoms with Crippen molar-refractivity contribution in [3.63, 3.8) is 0 Å². The van der Waals surface area contributed by atoms with Crippen LogP contribution in [0.5, 0.6) is 5.75 Å². The third-order valence-corrected chi connectivity index (χ3v) is 7.23. The molecule has 2 N–H and O–H groups in total. The van der Waals surface area contributed by atoms with Gasteiger partial charge in [0.15, 0.2) is 0 Å². The van der Waals surface area contributed by atoms with Gasteiger partial charge in [-0.05, 0) is 55.9 Å². The maximum Gasteiger partial charge on any atom is 0.269 e. The molecule has 2 atom stereocenters. The molecule has 0 bridgehead atoms. The molecule has 0 radical (unpaired) electrons. The average Bonchev–Trinajstić information content (AvgIpc) is 3.51. The topological polar surface area (TPSA) is 119 Å². The summed E-state index contributed by atoms with van der Waals surface area (Å²) in [6.45, 7) is 0.297. The number of anilines is 1. The molecule has 2 aliphatic carbocycles. The second-order valence-electron chi connectivity index (χ2n) is 9.23. The molecule has 1 aromatic heterocycles. The Morgan fingerprint density at radius 3 is 2.79 bits per heavy atom. The molecular formula is C26H27N5O3. The summed E-state index contributed by atoms with van der Waals surface area (Å²) in [5.74, 6) is 0.454. The molecule has 5 rings (SSSR count). The number of fused-ring (bicyclic) bond motifs is 3. The quantitative estimate of drug-likeness (QED) is 0.507. The molecule has 2 unspecified atom stereocenters. The Morgan fingerprint density at radius 1 is 1.24 bits per heavy atom. The first kappa shape index (κ1) is 22.1. The molecule has 34 heavy (non-hydrogen) atoms. The van der Waals surface area contributed by atoms with Crippen molar-refractivity contribution in [2.24, 2.45) is 16.9 Å². The number of rotatable bonds is 6. The Bertz CT molecular complexity index is 1200. The number of carbonyl (C=O) groups excluding carboxylic acids is 2. The summed E-state index contributed by atoms with van der Waals surface area (Å²) in [4.78, 5) is 27.5. The van der Waals surface area contributed by atoms with E-state index in [0.29, 0.717) is 18.2 Å². The van der Waals surface area contributed by atoms with E-state index < -0.39 is 0 Å². The van der Waals surface area contributed by atoms with Gasteiger partial charge in [-0.25, -0.2) is 4.98 Å². The van der Waals surface area contributed by atoms with E-state index in [1.165, 1.54) is 12.8 Å². The first-order valence-corrected chi connectivity index (χ1v) is 11.9. The van der Waals surface area contributed by atoms with E-state index in [-0.39, 0.29) is 35.6 Å². The van der Waals surface area contributed by atoms with Crippen LogP contribution >= 0.6 is 0 Å². The highest BCUT2D eigenvalue weighted by atomic mass is 16.3. The largest absolute Gasteiger partial charge is 0.506 e. The number of phenolic OH excluding ortho intramolecular Hbond substituents is 1. The van der Waals surface area contributed by atoms with Crippen molar-refractivity contribution in [3.05, 3.63) is 52.8 Å². The fourth-order valence-electron chi connectivity index (χ4n) is 5.64. The van der Waals surface area contributed by atoms with E-state index in [1.807, 2.05) is 23.2 Å². The summed E-state index contributed by atoms with van der Waals surface area (Å²) in [7, 11) is 0. The molecule has 8 nitrogen and oxygen atoms in total. The van der Waals surface area contributed by atoms with Crippen molar-refractivity contribution >= 4 is 23.6 Å². The van der Waals surface area contributed by atoms with E-state index in [4.69, 9.17) is 5.10 Å². The van der Waals surface area contributed by atoms with Gasteiger partial charge in [0.2, 0.25) is 0 Å². The number of hydrogen-bond donors (Lipinski definition) is 2. The van der Waals surface area contributed by atoms with Crippen LogP contribution in [0.4, 0.5) is 5.69 Å². The number of phenols is 1. The number of nitrogens with one attached hydrogen (secondary N) is 1. The zero-order valence-electron chi connectivity index (χ0n) is 18.9. The summed E-state index contributed by atoms with van der Waals surface area (Å²) < 4.78 is 0. The Morgan fingerprint density at radius 2 is 2.06 bits per heavy atom. The average molecular weight is 458 g/mol. The van der Waals surface area contributed by atoms with Crippen molar-refractivity contribution in [3.8, 4) is 11.8 Å². The first-order chi connectivity index (χ1) is 16.6. The molecular weight excluding hydrogens is 430 g/mol. The van der Waals surface area contributed by atoms with Crippen LogP contribution in [0.25, 0.3) is 0 Å². The van der Waals surface area contributed by atoms with E-state index in [9.17, 15) is 20.0 Å². The number of aromatic hydroxyl groups is 1. The minimum Gasteiger partial charge on any atom is -0.506 e. The van der Waals surface area contributed by atoms with Crippen LogP contribution in [0.3, 0.4) is 0 Å². The SMILES string of the molecule is N#Cc1ccc(N2N=C3c4ccc(C(=O)NCCC=O)nc4CCC3C2C2CCCC2)cc1O. The van der Waals surface area contributed by atoms with Crippen molar-refractivity contribution in [2.45, 2.75) is 51.0 Å². The fraction of sp³-hybridized carbons (Fsp3) is 0.423. The number of carbonyl (C=O) groups is 2. The molecule has 1 saturated carbocycles. The molecule has 1 aliphatic heterocycles. The lowest BCUT2D eigenvalue weighted by Crippen LogP contribution is -2.40.